The summed E-state index contributed by atoms with van der Waals surface area (Å²) in [6.07, 6.45) is 1.40. The lowest BCUT2D eigenvalue weighted by Gasteiger charge is -2.16. The molecular weight excluding hydrogens is 159 g/mol. The molecule has 1 N–H and O–H groups in total. The summed E-state index contributed by atoms with van der Waals surface area (Å²) in [5, 5.41) is 7.18. The summed E-state index contributed by atoms with van der Waals surface area (Å²) in [6.45, 7) is 3.65. The second-order valence-electron chi connectivity index (χ2n) is 2.02. The summed E-state index contributed by atoms with van der Waals surface area (Å²) in [7, 11) is 1.39. The Bertz CT molecular complexity index is 181. The van der Waals surface area contributed by atoms with Gasteiger partial charge in [-0.15, -0.1) is 0 Å². The van der Waals surface area contributed by atoms with Gasteiger partial charge in [0, 0.05) is 6.20 Å². The maximum absolute atomic E-state index is 10.7. The van der Waals surface area contributed by atoms with Crippen LogP contribution in [0.15, 0.2) is 12.8 Å². The van der Waals surface area contributed by atoms with E-state index in [2.05, 4.69) is 11.3 Å². The Morgan fingerprint density at radius 1 is 1.91 bits per heavy atom. The zero-order valence-electron chi connectivity index (χ0n) is 6.76. The molecule has 0 saturated heterocycles. The number of amidine groups is 1. The van der Waals surface area contributed by atoms with Gasteiger partial charge in [0.15, 0.2) is 0 Å². The third-order valence-electron chi connectivity index (χ3n) is 1.07. The van der Waals surface area contributed by atoms with Crippen LogP contribution in [-0.2, 0) is 9.53 Å². The standard InChI is InChI=1S/C6H9N2O2.Al.2H/c1-3-8(4-5-9)6(7)10-2;;;/h3,7H,1,4H2,2H3;;;. The fourth-order valence-electron chi connectivity index (χ4n) is 0.576. The third kappa shape index (κ3) is 3.81. The summed E-state index contributed by atoms with van der Waals surface area (Å²) < 4.78 is 4.71. The Balaban J connectivity index is 4.05. The van der Waals surface area contributed by atoms with Gasteiger partial charge in [-0.2, -0.15) is 0 Å². The van der Waals surface area contributed by atoms with Crippen LogP contribution in [0.5, 0.6) is 0 Å². The lowest BCUT2D eigenvalue weighted by Crippen LogP contribution is -2.31. The first-order valence-corrected chi connectivity index (χ1v) is 4.13. The molecule has 11 heavy (non-hydrogen) atoms. The molecule has 0 aliphatic carbocycles. The number of methoxy groups -OCH3 is 1. The van der Waals surface area contributed by atoms with E-state index in [4.69, 9.17) is 5.41 Å². The van der Waals surface area contributed by atoms with Crippen molar-refractivity contribution in [1.82, 2.24) is 4.90 Å². The van der Waals surface area contributed by atoms with E-state index >= 15 is 0 Å². The van der Waals surface area contributed by atoms with Gasteiger partial charge in [-0.05, 0) is 0 Å². The molecule has 0 fully saturated rings. The first-order valence-electron chi connectivity index (χ1n) is 3.13. The molecule has 0 aromatic rings. The minimum absolute atomic E-state index is 0.0517. The maximum atomic E-state index is 10.7. The van der Waals surface area contributed by atoms with Crippen LogP contribution >= 0.6 is 0 Å². The van der Waals surface area contributed by atoms with Crippen LogP contribution in [0, 0.1) is 5.41 Å². The minimum atomic E-state index is -0.0517. The first kappa shape index (κ1) is 10.2. The van der Waals surface area contributed by atoms with E-state index in [0.717, 1.165) is 0 Å². The number of hydrogen-bond donors (Lipinski definition) is 1. The maximum Gasteiger partial charge on any atom is 0.322 e. The summed E-state index contributed by atoms with van der Waals surface area (Å²) in [5.41, 5.74) is 0. The molecule has 0 unspecified atom stereocenters. The number of hydrogen-bond acceptors (Lipinski definition) is 3. The van der Waals surface area contributed by atoms with E-state index in [0.29, 0.717) is 16.3 Å². The molecule has 0 spiro atoms. The lowest BCUT2D eigenvalue weighted by molar-refractivity contribution is -0.111. The minimum Gasteiger partial charge on any atom is -0.468 e. The predicted molar refractivity (Wildman–Crippen MR) is 45.2 cm³/mol. The van der Waals surface area contributed by atoms with E-state index in [9.17, 15) is 4.79 Å². The quantitative estimate of drug-likeness (QED) is 0.342. The first-order chi connectivity index (χ1) is 5.11. The van der Waals surface area contributed by atoms with Crippen LogP contribution in [0.2, 0.25) is 0 Å². The topological polar surface area (TPSA) is 53.4 Å². The van der Waals surface area contributed by atoms with Crippen molar-refractivity contribution in [2.24, 2.45) is 0 Å². The van der Waals surface area contributed by atoms with Gasteiger partial charge in [-0.1, -0.05) is 6.58 Å². The van der Waals surface area contributed by atoms with Crippen molar-refractivity contribution in [3.05, 3.63) is 12.8 Å². The normalized spacial score (nSPS) is 8.45. The highest BCUT2D eigenvalue weighted by Gasteiger charge is 2.06. The van der Waals surface area contributed by atoms with E-state index in [1.807, 2.05) is 0 Å². The molecule has 0 aliphatic rings. The van der Waals surface area contributed by atoms with Crippen LogP contribution in [0.1, 0.15) is 0 Å². The highest BCUT2D eigenvalue weighted by Crippen LogP contribution is 1.90. The molecule has 0 rings (SSSR count). The van der Waals surface area contributed by atoms with E-state index in [1.54, 1.807) is 0 Å². The Morgan fingerprint density at radius 3 is 2.73 bits per heavy atom. The third-order valence-corrected chi connectivity index (χ3v) is 1.38. The largest absolute Gasteiger partial charge is 0.468 e. The van der Waals surface area contributed by atoms with Crippen LogP contribution in [0.25, 0.3) is 0 Å². The highest BCUT2D eigenvalue weighted by atomic mass is 27.0. The molecule has 0 heterocycles. The lowest BCUT2D eigenvalue weighted by atomic mass is 10.6. The van der Waals surface area contributed by atoms with Crippen LogP contribution in [-0.4, -0.2) is 45.5 Å². The van der Waals surface area contributed by atoms with Crippen molar-refractivity contribution in [2.45, 2.75) is 0 Å². The van der Waals surface area contributed by atoms with Crippen LogP contribution < -0.4 is 0 Å². The Morgan fingerprint density at radius 2 is 2.45 bits per heavy atom. The second-order valence-corrected chi connectivity index (χ2v) is 3.14. The second kappa shape index (κ2) is 4.94. The van der Waals surface area contributed by atoms with Gasteiger partial charge in [0.05, 0.1) is 18.3 Å². The fraction of sp³-hybridized carbons (Fsp3) is 0.333. The van der Waals surface area contributed by atoms with E-state index in [-0.39, 0.29) is 17.2 Å². The summed E-state index contributed by atoms with van der Waals surface area (Å²) in [4.78, 5) is 12.0. The van der Waals surface area contributed by atoms with Crippen molar-refractivity contribution < 1.29 is 9.53 Å². The van der Waals surface area contributed by atoms with Crippen molar-refractivity contribution >= 4 is 27.0 Å². The molecule has 0 saturated carbocycles. The molecule has 0 aliphatic heterocycles. The van der Waals surface area contributed by atoms with E-state index < -0.39 is 0 Å². The van der Waals surface area contributed by atoms with Gasteiger partial charge in [0.25, 0.3) is 6.02 Å². The number of nitrogens with one attached hydrogen (secondary N) is 1. The molecule has 0 aromatic heterocycles. The van der Waals surface area contributed by atoms with Crippen molar-refractivity contribution in [3.63, 3.8) is 0 Å². The van der Waals surface area contributed by atoms with Gasteiger partial charge < -0.3 is 9.53 Å². The smallest absolute Gasteiger partial charge is 0.322 e. The van der Waals surface area contributed by atoms with Crippen molar-refractivity contribution in [1.29, 1.82) is 5.41 Å². The fourth-order valence-corrected chi connectivity index (χ4v) is 0.917. The van der Waals surface area contributed by atoms with Crippen molar-refractivity contribution in [3.8, 4) is 0 Å². The Hall–Kier alpha value is -0.788. The van der Waals surface area contributed by atoms with Gasteiger partial charge in [0.2, 0.25) is 0 Å². The number of ether oxygens (including phenoxy) is 1. The molecule has 0 atom stereocenters. The summed E-state index contributed by atoms with van der Waals surface area (Å²) >= 11 is 0.489. The van der Waals surface area contributed by atoms with Crippen LogP contribution in [0.4, 0.5) is 0 Å². The zero-order chi connectivity index (χ0) is 8.85. The molecule has 0 bridgehead atoms. The number of carbonyl (C=O) groups excluding carboxylic acids is 1. The highest BCUT2D eigenvalue weighted by molar-refractivity contribution is 6.58. The van der Waals surface area contributed by atoms with Gasteiger partial charge >= 0.3 is 16.3 Å². The SMILES string of the molecule is C=CN(C[C](=O)[AlH2])C(=N)OC. The molecule has 5 heteroatoms. The van der Waals surface area contributed by atoms with Crippen molar-refractivity contribution in [2.75, 3.05) is 13.7 Å². The number of nitrogens with zero attached hydrogens (tertiary/aromatic N) is 1. The molecule has 0 aromatic carbocycles. The summed E-state index contributed by atoms with van der Waals surface area (Å²) in [6, 6.07) is -0.0517. The predicted octanol–water partition coefficient (Wildman–Crippen LogP) is -0.827. The van der Waals surface area contributed by atoms with Gasteiger partial charge in [-0.25, -0.2) is 0 Å². The van der Waals surface area contributed by atoms with Gasteiger partial charge in [0.1, 0.15) is 0 Å². The molecular formula is C6H11AlN2O2. The molecule has 60 valence electrons. The number of rotatable bonds is 3. The van der Waals surface area contributed by atoms with Gasteiger partial charge in [-0.3, -0.25) is 10.3 Å². The average molecular weight is 170 g/mol. The zero-order valence-corrected chi connectivity index (χ0v) is 8.76. The monoisotopic (exact) mass is 170 g/mol. The average Bonchev–Trinajstić information content (AvgIpc) is 1.98. The molecule has 0 radical (unpaired) electrons. The molecule has 0 amide bonds. The Kier molecular flexibility index (Phi) is 4.59. The summed E-state index contributed by atoms with van der Waals surface area (Å²) in [5.74, 6) is 0. The van der Waals surface area contributed by atoms with Crippen LogP contribution in [0.3, 0.4) is 0 Å². The molecule has 4 nitrogen and oxygen atoms in total. The van der Waals surface area contributed by atoms with E-state index in [1.165, 1.54) is 18.2 Å². The number of carbonyl (C=O) groups is 1. The Labute approximate surface area is 73.8 Å².